The van der Waals surface area contributed by atoms with Gasteiger partial charge in [-0.2, -0.15) is 0 Å². The molecule has 1 unspecified atom stereocenters. The first-order valence-electron chi connectivity index (χ1n) is 8.16. The molecule has 5 nitrogen and oxygen atoms in total. The first-order chi connectivity index (χ1) is 11.9. The van der Waals surface area contributed by atoms with Crippen molar-refractivity contribution < 1.29 is 17.6 Å². The van der Waals surface area contributed by atoms with Crippen LogP contribution in [0.1, 0.15) is 35.6 Å². The number of hydrogen-bond donors (Lipinski definition) is 2. The molecule has 0 saturated carbocycles. The summed E-state index contributed by atoms with van der Waals surface area (Å²) < 4.78 is 41.5. The van der Waals surface area contributed by atoms with Gasteiger partial charge in [-0.05, 0) is 66.3 Å². The van der Waals surface area contributed by atoms with Crippen molar-refractivity contribution in [2.45, 2.75) is 36.6 Å². The summed E-state index contributed by atoms with van der Waals surface area (Å²) in [6, 6.07) is 8.84. The Morgan fingerprint density at radius 2 is 1.88 bits per heavy atom. The third-order valence-corrected chi connectivity index (χ3v) is 6.23. The molecule has 2 aliphatic rings. The molecule has 1 aliphatic carbocycles. The molecule has 1 atom stereocenters. The van der Waals surface area contributed by atoms with E-state index in [4.69, 9.17) is 0 Å². The topological polar surface area (TPSA) is 75.3 Å². The Balaban J connectivity index is 1.60. The highest BCUT2D eigenvalue weighted by Crippen LogP contribution is 2.33. The zero-order valence-electron chi connectivity index (χ0n) is 13.4. The van der Waals surface area contributed by atoms with Gasteiger partial charge in [-0.15, -0.1) is 0 Å². The van der Waals surface area contributed by atoms with Gasteiger partial charge in [0.2, 0.25) is 15.9 Å². The zero-order chi connectivity index (χ0) is 17.6. The van der Waals surface area contributed by atoms with Crippen molar-refractivity contribution in [1.29, 1.82) is 0 Å². The van der Waals surface area contributed by atoms with Crippen LogP contribution in [0.5, 0.6) is 0 Å². The maximum atomic E-state index is 13.3. The molecule has 1 amide bonds. The van der Waals surface area contributed by atoms with Crippen LogP contribution in [0.3, 0.4) is 0 Å². The van der Waals surface area contributed by atoms with Crippen molar-refractivity contribution in [3.8, 4) is 0 Å². The van der Waals surface area contributed by atoms with Crippen molar-refractivity contribution in [3.05, 3.63) is 58.9 Å². The number of halogens is 1. The van der Waals surface area contributed by atoms with E-state index >= 15 is 0 Å². The first-order valence-corrected chi connectivity index (χ1v) is 9.64. The van der Waals surface area contributed by atoms with Crippen LogP contribution in [0.4, 0.5) is 10.1 Å². The predicted molar refractivity (Wildman–Crippen MR) is 91.2 cm³/mol. The highest BCUT2D eigenvalue weighted by Gasteiger charge is 2.28. The highest BCUT2D eigenvalue weighted by molar-refractivity contribution is 7.89. The van der Waals surface area contributed by atoms with Gasteiger partial charge >= 0.3 is 0 Å². The van der Waals surface area contributed by atoms with Gasteiger partial charge in [0, 0.05) is 18.2 Å². The summed E-state index contributed by atoms with van der Waals surface area (Å²) in [5.74, 6) is -0.366. The maximum absolute atomic E-state index is 13.3. The van der Waals surface area contributed by atoms with E-state index in [1.807, 2.05) is 0 Å². The van der Waals surface area contributed by atoms with Crippen LogP contribution in [0, 0.1) is 5.82 Å². The van der Waals surface area contributed by atoms with Gasteiger partial charge in [0.15, 0.2) is 0 Å². The monoisotopic (exact) mass is 360 g/mol. The molecule has 1 aliphatic heterocycles. The molecule has 7 heteroatoms. The molecule has 0 spiro atoms. The van der Waals surface area contributed by atoms with Crippen LogP contribution in [0.15, 0.2) is 41.3 Å². The smallest absolute Gasteiger partial charge is 0.241 e. The van der Waals surface area contributed by atoms with Crippen molar-refractivity contribution >= 4 is 21.6 Å². The largest absolute Gasteiger partial charge is 0.326 e. The first kappa shape index (κ1) is 16.2. The number of carbonyl (C=O) groups is 1. The Morgan fingerprint density at radius 3 is 2.72 bits per heavy atom. The second kappa shape index (κ2) is 5.93. The summed E-state index contributed by atoms with van der Waals surface area (Å²) >= 11 is 0. The second-order valence-corrected chi connectivity index (χ2v) is 8.14. The van der Waals surface area contributed by atoms with E-state index in [-0.39, 0.29) is 22.7 Å². The van der Waals surface area contributed by atoms with Crippen molar-refractivity contribution in [1.82, 2.24) is 4.72 Å². The molecule has 2 N–H and O–H groups in total. The SMILES string of the molecule is O=C1CCc2cc(S(=O)(=O)NC3CCc4cc(F)ccc43)ccc2N1. The molecule has 25 heavy (non-hydrogen) atoms. The number of aryl methyl sites for hydroxylation is 2. The fourth-order valence-corrected chi connectivity index (χ4v) is 4.79. The maximum Gasteiger partial charge on any atom is 0.241 e. The van der Waals surface area contributed by atoms with Gasteiger partial charge < -0.3 is 5.32 Å². The number of fused-ring (bicyclic) bond motifs is 2. The summed E-state index contributed by atoms with van der Waals surface area (Å²) in [7, 11) is -3.70. The molecule has 2 aromatic rings. The lowest BCUT2D eigenvalue weighted by Crippen LogP contribution is -2.28. The number of sulfonamides is 1. The van der Waals surface area contributed by atoms with Crippen LogP contribution in [0.25, 0.3) is 0 Å². The predicted octanol–water partition coefficient (Wildman–Crippen LogP) is 2.68. The molecule has 2 aromatic carbocycles. The minimum Gasteiger partial charge on any atom is -0.326 e. The van der Waals surface area contributed by atoms with Crippen LogP contribution in [0.2, 0.25) is 0 Å². The lowest BCUT2D eigenvalue weighted by molar-refractivity contribution is -0.116. The molecule has 0 aromatic heterocycles. The van der Waals surface area contributed by atoms with E-state index in [0.717, 1.165) is 16.7 Å². The minimum atomic E-state index is -3.70. The van der Waals surface area contributed by atoms with E-state index in [1.54, 1.807) is 18.2 Å². The van der Waals surface area contributed by atoms with Gasteiger partial charge in [0.05, 0.1) is 4.90 Å². The van der Waals surface area contributed by atoms with E-state index in [9.17, 15) is 17.6 Å². The van der Waals surface area contributed by atoms with Gasteiger partial charge in [0.1, 0.15) is 5.82 Å². The fourth-order valence-electron chi connectivity index (χ4n) is 3.49. The molecule has 130 valence electrons. The second-order valence-electron chi connectivity index (χ2n) is 6.42. The molecule has 0 saturated heterocycles. The summed E-state index contributed by atoms with van der Waals surface area (Å²) in [5, 5.41) is 2.74. The van der Waals surface area contributed by atoms with E-state index in [1.165, 1.54) is 18.2 Å². The van der Waals surface area contributed by atoms with Crippen LogP contribution < -0.4 is 10.0 Å². The summed E-state index contributed by atoms with van der Waals surface area (Å²) in [5.41, 5.74) is 3.16. The highest BCUT2D eigenvalue weighted by atomic mass is 32.2. The lowest BCUT2D eigenvalue weighted by Gasteiger charge is -2.19. The molecule has 4 rings (SSSR count). The van der Waals surface area contributed by atoms with Gasteiger partial charge in [0.25, 0.3) is 0 Å². The number of rotatable bonds is 3. The average Bonchev–Trinajstić information content (AvgIpc) is 2.95. The number of anilines is 1. The molecule has 0 fully saturated rings. The fraction of sp³-hybridized carbons (Fsp3) is 0.278. The average molecular weight is 360 g/mol. The summed E-state index contributed by atoms with van der Waals surface area (Å²) in [6.07, 6.45) is 2.14. The Hall–Kier alpha value is -2.25. The van der Waals surface area contributed by atoms with E-state index in [2.05, 4.69) is 10.0 Å². The molecular formula is C18H17FN2O3S. The van der Waals surface area contributed by atoms with Crippen molar-refractivity contribution in [3.63, 3.8) is 0 Å². The number of carbonyl (C=O) groups excluding carboxylic acids is 1. The quantitative estimate of drug-likeness (QED) is 0.884. The minimum absolute atomic E-state index is 0.0592. The Morgan fingerprint density at radius 1 is 1.04 bits per heavy atom. The Labute approximate surface area is 145 Å². The van der Waals surface area contributed by atoms with Gasteiger partial charge in [-0.1, -0.05) is 6.07 Å². The summed E-state index contributed by atoms with van der Waals surface area (Å²) in [6.45, 7) is 0. The third-order valence-electron chi connectivity index (χ3n) is 4.76. The van der Waals surface area contributed by atoms with Gasteiger partial charge in [-0.3, -0.25) is 4.79 Å². The molecular weight excluding hydrogens is 343 g/mol. The third kappa shape index (κ3) is 3.05. The normalized spacial score (nSPS) is 19.2. The summed E-state index contributed by atoms with van der Waals surface area (Å²) in [4.78, 5) is 11.6. The zero-order valence-corrected chi connectivity index (χ0v) is 14.2. The molecule has 1 heterocycles. The standard InChI is InChI=1S/C18H17FN2O3S/c19-13-3-5-15-11(9-13)1-6-17(15)21-25(23,24)14-4-7-16-12(10-14)2-8-18(22)20-16/h3-5,7,9-10,17,21H,1-2,6,8H2,(H,20,22). The Kier molecular flexibility index (Phi) is 3.85. The lowest BCUT2D eigenvalue weighted by atomic mass is 10.0. The van der Waals surface area contributed by atoms with E-state index in [0.29, 0.717) is 31.4 Å². The van der Waals surface area contributed by atoms with Crippen molar-refractivity contribution in [2.24, 2.45) is 0 Å². The van der Waals surface area contributed by atoms with Crippen LogP contribution >= 0.6 is 0 Å². The van der Waals surface area contributed by atoms with Crippen LogP contribution in [-0.2, 0) is 27.7 Å². The number of benzene rings is 2. The molecule has 0 radical (unpaired) electrons. The van der Waals surface area contributed by atoms with E-state index < -0.39 is 10.0 Å². The Bertz CT molecular complexity index is 972. The number of nitrogens with one attached hydrogen (secondary N) is 2. The number of amides is 1. The molecule has 0 bridgehead atoms. The van der Waals surface area contributed by atoms with Gasteiger partial charge in [-0.25, -0.2) is 17.5 Å². The van der Waals surface area contributed by atoms with Crippen molar-refractivity contribution in [2.75, 3.05) is 5.32 Å². The van der Waals surface area contributed by atoms with Crippen LogP contribution in [-0.4, -0.2) is 14.3 Å². The number of hydrogen-bond acceptors (Lipinski definition) is 3.